The van der Waals surface area contributed by atoms with E-state index < -0.39 is 0 Å². The van der Waals surface area contributed by atoms with Crippen LogP contribution in [0.15, 0.2) is 24.3 Å². The Morgan fingerprint density at radius 1 is 1.31 bits per heavy atom. The molecule has 0 unspecified atom stereocenters. The summed E-state index contributed by atoms with van der Waals surface area (Å²) < 4.78 is 5.28. The number of para-hydroxylation sites is 2. The van der Waals surface area contributed by atoms with Crippen molar-refractivity contribution in [2.75, 3.05) is 6.61 Å². The van der Waals surface area contributed by atoms with Gasteiger partial charge in [-0.25, -0.2) is 0 Å². The Labute approximate surface area is 79.9 Å². The van der Waals surface area contributed by atoms with E-state index in [4.69, 9.17) is 9.53 Å². The zero-order valence-corrected chi connectivity index (χ0v) is 8.23. The number of phenols is 1. The van der Waals surface area contributed by atoms with Crippen molar-refractivity contribution in [2.24, 2.45) is 0 Å². The number of benzene rings is 1. The van der Waals surface area contributed by atoms with Crippen LogP contribution in [0, 0.1) is 0 Å². The molecule has 0 saturated heterocycles. The fraction of sp³-hybridized carbons (Fsp3) is 0.333. The lowest BCUT2D eigenvalue weighted by Gasteiger charge is -2.06. The number of aromatic hydroxyl groups is 1. The maximum absolute atomic E-state index is 9.29. The maximum Gasteiger partial charge on any atom is 0.224 e. The van der Waals surface area contributed by atoms with Crippen molar-refractivity contribution in [3.8, 4) is 11.5 Å². The van der Waals surface area contributed by atoms with Crippen molar-refractivity contribution in [2.45, 2.75) is 12.5 Å². The number of ether oxygens (including phenoxy) is 1. The van der Waals surface area contributed by atoms with E-state index in [2.05, 4.69) is 0 Å². The molecule has 70 valence electrons. The van der Waals surface area contributed by atoms with Crippen LogP contribution in [-0.4, -0.2) is 26.3 Å². The smallest absolute Gasteiger partial charge is 0.224 e. The molecule has 0 aromatic heterocycles. The Kier molecular flexibility index (Phi) is 4.35. The summed E-state index contributed by atoms with van der Waals surface area (Å²) in [6, 6.07) is 7.62. The Morgan fingerprint density at radius 2 is 2.08 bits per heavy atom. The minimum absolute atomic E-state index is 0.0199. The number of hydrogen-bond donors (Lipinski definition) is 2. The lowest BCUT2D eigenvalue weighted by Crippen LogP contribution is -1.99. The molecule has 0 spiro atoms. The van der Waals surface area contributed by atoms with Crippen LogP contribution in [0.2, 0.25) is 6.04 Å². The Hall–Kier alpha value is -1.00. The largest absolute Gasteiger partial charge is 0.504 e. The zero-order valence-electron chi connectivity index (χ0n) is 7.23. The molecule has 0 aliphatic heterocycles. The van der Waals surface area contributed by atoms with Gasteiger partial charge in [-0.1, -0.05) is 12.1 Å². The van der Waals surface area contributed by atoms with Gasteiger partial charge in [0.2, 0.25) is 9.76 Å². The monoisotopic (exact) mass is 196 g/mol. The topological polar surface area (TPSA) is 49.7 Å². The summed E-state index contributed by atoms with van der Waals surface area (Å²) in [6.45, 7) is 0.533. The van der Waals surface area contributed by atoms with Gasteiger partial charge in [0.25, 0.3) is 0 Å². The standard InChI is InChI=1S/C9H12O3Si/c10-8-4-1-2-5-9(8)12-6-3-7-13-11/h1-2,4-5,10-11H,3,6-7H2. The van der Waals surface area contributed by atoms with E-state index in [1.165, 1.54) is 0 Å². The lowest BCUT2D eigenvalue weighted by molar-refractivity contribution is 0.298. The summed E-state index contributed by atoms with van der Waals surface area (Å²) >= 11 is 0. The normalized spacial score (nSPS) is 9.92. The van der Waals surface area contributed by atoms with Crippen LogP contribution < -0.4 is 4.74 Å². The highest BCUT2D eigenvalue weighted by Crippen LogP contribution is 2.24. The fourth-order valence-electron chi connectivity index (χ4n) is 0.913. The third kappa shape index (κ3) is 3.48. The molecular formula is C9H12O3Si. The number of rotatable bonds is 5. The third-order valence-electron chi connectivity index (χ3n) is 1.56. The molecular weight excluding hydrogens is 184 g/mol. The molecule has 3 nitrogen and oxygen atoms in total. The summed E-state index contributed by atoms with van der Waals surface area (Å²) in [4.78, 5) is 8.54. The summed E-state index contributed by atoms with van der Waals surface area (Å²) in [5.74, 6) is 0.665. The van der Waals surface area contributed by atoms with Gasteiger partial charge in [-0.3, -0.25) is 0 Å². The van der Waals surface area contributed by atoms with Crippen LogP contribution in [-0.2, 0) is 0 Å². The first-order valence-electron chi connectivity index (χ1n) is 4.12. The minimum Gasteiger partial charge on any atom is -0.504 e. The highest BCUT2D eigenvalue weighted by molar-refractivity contribution is 6.25. The third-order valence-corrected chi connectivity index (χ3v) is 2.13. The summed E-state index contributed by atoms with van der Waals surface area (Å²) in [5.41, 5.74) is 0. The van der Waals surface area contributed by atoms with Gasteiger partial charge < -0.3 is 14.6 Å². The summed E-state index contributed by atoms with van der Waals surface area (Å²) in [7, 11) is -0.0199. The molecule has 0 heterocycles. The van der Waals surface area contributed by atoms with E-state index in [1.54, 1.807) is 18.2 Å². The zero-order chi connectivity index (χ0) is 9.52. The Morgan fingerprint density at radius 3 is 2.77 bits per heavy atom. The van der Waals surface area contributed by atoms with Crippen molar-refractivity contribution in [1.82, 2.24) is 0 Å². The van der Waals surface area contributed by atoms with Crippen molar-refractivity contribution in [3.63, 3.8) is 0 Å². The lowest BCUT2D eigenvalue weighted by atomic mass is 10.3. The van der Waals surface area contributed by atoms with Crippen LogP contribution >= 0.6 is 0 Å². The molecule has 0 amide bonds. The fourth-order valence-corrected chi connectivity index (χ4v) is 1.22. The van der Waals surface area contributed by atoms with Gasteiger partial charge in [0, 0.05) is 0 Å². The molecule has 0 saturated carbocycles. The molecule has 1 aromatic carbocycles. The molecule has 0 bridgehead atoms. The van der Waals surface area contributed by atoms with Crippen LogP contribution in [0.4, 0.5) is 0 Å². The first-order chi connectivity index (χ1) is 6.34. The maximum atomic E-state index is 9.29. The SMILES string of the molecule is O[Si]CCCOc1ccccc1O. The Balaban J connectivity index is 2.32. The Bertz CT molecular complexity index is 252. The molecule has 0 aliphatic rings. The van der Waals surface area contributed by atoms with Gasteiger partial charge in [0.05, 0.1) is 6.61 Å². The van der Waals surface area contributed by atoms with Crippen molar-refractivity contribution >= 4 is 9.76 Å². The molecule has 2 N–H and O–H groups in total. The van der Waals surface area contributed by atoms with E-state index in [0.29, 0.717) is 12.4 Å². The van der Waals surface area contributed by atoms with E-state index in [-0.39, 0.29) is 15.5 Å². The van der Waals surface area contributed by atoms with E-state index in [1.807, 2.05) is 6.07 Å². The van der Waals surface area contributed by atoms with E-state index in [9.17, 15) is 5.11 Å². The van der Waals surface area contributed by atoms with Crippen molar-refractivity contribution in [3.05, 3.63) is 24.3 Å². The van der Waals surface area contributed by atoms with Crippen molar-refractivity contribution < 1.29 is 14.6 Å². The van der Waals surface area contributed by atoms with Crippen molar-refractivity contribution in [1.29, 1.82) is 0 Å². The van der Waals surface area contributed by atoms with E-state index in [0.717, 1.165) is 12.5 Å². The highest BCUT2D eigenvalue weighted by Gasteiger charge is 1.98. The molecule has 13 heavy (non-hydrogen) atoms. The molecule has 0 aliphatic carbocycles. The van der Waals surface area contributed by atoms with Gasteiger partial charge in [-0.2, -0.15) is 0 Å². The molecule has 1 rings (SSSR count). The van der Waals surface area contributed by atoms with Gasteiger partial charge in [0.15, 0.2) is 11.5 Å². The quantitative estimate of drug-likeness (QED) is 0.549. The summed E-state index contributed by atoms with van der Waals surface area (Å²) in [6.07, 6.45) is 0.809. The first kappa shape index (κ1) is 10.1. The molecule has 0 atom stereocenters. The second-order valence-corrected chi connectivity index (χ2v) is 3.39. The summed E-state index contributed by atoms with van der Waals surface area (Å²) in [5, 5.41) is 9.29. The average molecular weight is 196 g/mol. The van der Waals surface area contributed by atoms with E-state index >= 15 is 0 Å². The number of phenolic OH excluding ortho intramolecular Hbond substituents is 1. The number of hydrogen-bond acceptors (Lipinski definition) is 3. The predicted octanol–water partition coefficient (Wildman–Crippen LogP) is 1.19. The molecule has 0 fully saturated rings. The second-order valence-electron chi connectivity index (χ2n) is 2.58. The minimum atomic E-state index is -0.0199. The second kappa shape index (κ2) is 5.61. The van der Waals surface area contributed by atoms with Crippen LogP contribution in [0.5, 0.6) is 11.5 Å². The van der Waals surface area contributed by atoms with Crippen LogP contribution in [0.3, 0.4) is 0 Å². The van der Waals surface area contributed by atoms with Gasteiger partial charge in [0.1, 0.15) is 0 Å². The predicted molar refractivity (Wildman–Crippen MR) is 51.0 cm³/mol. The van der Waals surface area contributed by atoms with Gasteiger partial charge in [-0.05, 0) is 24.6 Å². The van der Waals surface area contributed by atoms with Gasteiger partial charge >= 0.3 is 0 Å². The molecule has 2 radical (unpaired) electrons. The first-order valence-corrected chi connectivity index (χ1v) is 5.28. The average Bonchev–Trinajstić information content (AvgIpc) is 2.15. The van der Waals surface area contributed by atoms with Gasteiger partial charge in [-0.15, -0.1) is 0 Å². The molecule has 1 aromatic rings. The molecule has 4 heteroatoms. The highest BCUT2D eigenvalue weighted by atomic mass is 28.2. The van der Waals surface area contributed by atoms with Crippen LogP contribution in [0.25, 0.3) is 0 Å². The van der Waals surface area contributed by atoms with Crippen LogP contribution in [0.1, 0.15) is 6.42 Å².